The number of nitrogens with zero attached hydrogens (tertiary/aromatic N) is 1. The van der Waals surface area contributed by atoms with Crippen LogP contribution >= 0.6 is 0 Å². The number of amidine groups is 1. The van der Waals surface area contributed by atoms with Gasteiger partial charge in [0.15, 0.2) is 0 Å². The lowest BCUT2D eigenvalue weighted by molar-refractivity contribution is 0.309. The standard InChI is InChI=1S/C26H35N5O/c1-5-8-25(20-10-7-11-23(17-20)32-15-14-29-19(3)4)31-26(9-6-2)30-22-12-13-24(28)21(16-22)18-27/h6-13,16-19,27,29H,5,14-15,28H2,1-4H3,(H,30,31)/b9-6-,25-8+,27-18?. The van der Waals surface area contributed by atoms with Crippen LogP contribution in [0.25, 0.3) is 5.70 Å². The first-order chi connectivity index (χ1) is 15.5. The summed E-state index contributed by atoms with van der Waals surface area (Å²) in [4.78, 5) is 4.88. The van der Waals surface area contributed by atoms with Crippen LogP contribution < -0.4 is 21.1 Å². The maximum atomic E-state index is 7.52. The molecule has 0 spiro atoms. The molecule has 0 fully saturated rings. The minimum atomic E-state index is 0.437. The van der Waals surface area contributed by atoms with Crippen molar-refractivity contribution in [2.45, 2.75) is 40.2 Å². The molecule has 0 atom stereocenters. The largest absolute Gasteiger partial charge is 0.492 e. The van der Waals surface area contributed by atoms with Gasteiger partial charge in [0.25, 0.3) is 0 Å². The van der Waals surface area contributed by atoms with Crippen molar-refractivity contribution in [2.75, 3.05) is 24.2 Å². The number of rotatable bonds is 11. The van der Waals surface area contributed by atoms with Gasteiger partial charge in [-0.2, -0.15) is 0 Å². The number of benzene rings is 2. The van der Waals surface area contributed by atoms with E-state index < -0.39 is 0 Å². The van der Waals surface area contributed by atoms with Gasteiger partial charge in [0.05, 0.1) is 5.70 Å². The summed E-state index contributed by atoms with van der Waals surface area (Å²) in [5.74, 6) is 1.51. The highest BCUT2D eigenvalue weighted by atomic mass is 16.5. The highest BCUT2D eigenvalue weighted by Gasteiger charge is 2.06. The molecule has 0 unspecified atom stereocenters. The Hall–Kier alpha value is -3.38. The summed E-state index contributed by atoms with van der Waals surface area (Å²) in [6, 6.07) is 13.9. The Morgan fingerprint density at radius 3 is 2.72 bits per heavy atom. The number of hydrogen-bond donors (Lipinski definition) is 4. The van der Waals surface area contributed by atoms with Crippen LogP contribution in [0.4, 0.5) is 11.4 Å². The lowest BCUT2D eigenvalue weighted by Crippen LogP contribution is -2.27. The molecular formula is C26H35N5O. The van der Waals surface area contributed by atoms with Gasteiger partial charge in [-0.25, -0.2) is 4.99 Å². The lowest BCUT2D eigenvalue weighted by Gasteiger charge is -2.12. The van der Waals surface area contributed by atoms with Gasteiger partial charge in [-0.05, 0) is 49.8 Å². The van der Waals surface area contributed by atoms with Gasteiger partial charge in [-0.1, -0.05) is 45.1 Å². The van der Waals surface area contributed by atoms with Crippen molar-refractivity contribution in [1.29, 1.82) is 5.41 Å². The zero-order valence-electron chi connectivity index (χ0n) is 19.5. The second kappa shape index (κ2) is 13.1. The summed E-state index contributed by atoms with van der Waals surface area (Å²) in [6.45, 7) is 9.68. The first kappa shape index (κ1) is 24.9. The molecule has 0 saturated heterocycles. The molecule has 0 radical (unpaired) electrons. The van der Waals surface area contributed by atoms with E-state index >= 15 is 0 Å². The monoisotopic (exact) mass is 433 g/mol. The van der Waals surface area contributed by atoms with E-state index in [1.165, 1.54) is 6.21 Å². The van der Waals surface area contributed by atoms with E-state index in [2.05, 4.69) is 37.5 Å². The number of nitrogens with one attached hydrogen (secondary N) is 3. The van der Waals surface area contributed by atoms with E-state index in [4.69, 9.17) is 20.9 Å². The summed E-state index contributed by atoms with van der Waals surface area (Å²) >= 11 is 0. The zero-order valence-corrected chi connectivity index (χ0v) is 19.5. The molecule has 2 rings (SSSR count). The van der Waals surface area contributed by atoms with Crippen LogP contribution in [0.1, 0.15) is 45.2 Å². The molecule has 0 aliphatic rings. The molecule has 0 heterocycles. The maximum Gasteiger partial charge on any atom is 0.130 e. The summed E-state index contributed by atoms with van der Waals surface area (Å²) in [7, 11) is 0. The first-order valence-electron chi connectivity index (χ1n) is 11.0. The Labute approximate surface area is 191 Å². The Morgan fingerprint density at radius 2 is 2.03 bits per heavy atom. The second-order valence-corrected chi connectivity index (χ2v) is 7.59. The van der Waals surface area contributed by atoms with Crippen molar-refractivity contribution in [2.24, 2.45) is 4.99 Å². The fourth-order valence-corrected chi connectivity index (χ4v) is 3.00. The molecule has 2 aromatic rings. The van der Waals surface area contributed by atoms with Crippen LogP contribution in [0, 0.1) is 5.41 Å². The van der Waals surface area contributed by atoms with Gasteiger partial charge in [0, 0.05) is 41.3 Å². The fraction of sp³-hybridized carbons (Fsp3) is 0.308. The van der Waals surface area contributed by atoms with Crippen LogP contribution in [-0.4, -0.2) is 31.2 Å². The lowest BCUT2D eigenvalue weighted by atomic mass is 10.1. The van der Waals surface area contributed by atoms with E-state index in [1.807, 2.05) is 55.5 Å². The Kier molecular flexibility index (Phi) is 10.2. The average Bonchev–Trinajstić information content (AvgIpc) is 2.78. The van der Waals surface area contributed by atoms with Crippen LogP contribution in [0.3, 0.4) is 0 Å². The van der Waals surface area contributed by atoms with E-state index in [9.17, 15) is 0 Å². The Balaban J connectivity index is 2.26. The maximum absolute atomic E-state index is 7.52. The predicted molar refractivity (Wildman–Crippen MR) is 138 cm³/mol. The quantitative estimate of drug-likeness (QED) is 0.163. The van der Waals surface area contributed by atoms with Gasteiger partial charge in [-0.3, -0.25) is 0 Å². The van der Waals surface area contributed by atoms with E-state index in [-0.39, 0.29) is 0 Å². The third-order valence-electron chi connectivity index (χ3n) is 4.53. The molecule has 0 bridgehead atoms. The number of nitrogens with two attached hydrogens (primary N) is 1. The van der Waals surface area contributed by atoms with Crippen molar-refractivity contribution in [3.8, 4) is 5.75 Å². The van der Waals surface area contributed by atoms with Gasteiger partial charge in [0.2, 0.25) is 0 Å². The third-order valence-corrected chi connectivity index (χ3v) is 4.53. The molecular weight excluding hydrogens is 398 g/mol. The van der Waals surface area contributed by atoms with E-state index in [0.717, 1.165) is 35.7 Å². The molecule has 6 heteroatoms. The molecule has 32 heavy (non-hydrogen) atoms. The summed E-state index contributed by atoms with van der Waals surface area (Å²) < 4.78 is 5.91. The molecule has 0 aliphatic carbocycles. The second-order valence-electron chi connectivity index (χ2n) is 7.59. The Bertz CT molecular complexity index is 976. The van der Waals surface area contributed by atoms with Gasteiger partial charge in [-0.15, -0.1) is 0 Å². The van der Waals surface area contributed by atoms with E-state index in [1.54, 1.807) is 6.07 Å². The predicted octanol–water partition coefficient (Wildman–Crippen LogP) is 5.48. The number of hydrogen-bond acceptors (Lipinski definition) is 5. The average molecular weight is 434 g/mol. The SMILES string of the molecule is C\C=C/C(=N/C(=C/CC)c1cccc(OCCNC(C)C)c1)Nc1ccc(N)c(C=N)c1. The molecule has 6 nitrogen and oxygen atoms in total. The normalized spacial score (nSPS) is 12.4. The topological polar surface area (TPSA) is 95.5 Å². The van der Waals surface area contributed by atoms with Gasteiger partial charge < -0.3 is 26.5 Å². The van der Waals surface area contributed by atoms with Crippen molar-refractivity contribution in [1.82, 2.24) is 5.32 Å². The third kappa shape index (κ3) is 8.04. The number of ether oxygens (including phenoxy) is 1. The minimum Gasteiger partial charge on any atom is -0.492 e. The number of aliphatic imine (C=N–C) groups is 1. The highest BCUT2D eigenvalue weighted by Crippen LogP contribution is 2.23. The first-order valence-corrected chi connectivity index (χ1v) is 11.0. The van der Waals surface area contributed by atoms with Crippen molar-refractivity contribution in [3.05, 3.63) is 71.8 Å². The fourth-order valence-electron chi connectivity index (χ4n) is 3.00. The molecule has 170 valence electrons. The molecule has 0 aromatic heterocycles. The molecule has 0 aliphatic heterocycles. The number of nitrogen functional groups attached to an aromatic ring is 1. The summed E-state index contributed by atoms with van der Waals surface area (Å²) in [6.07, 6.45) is 8.05. The molecule has 2 aromatic carbocycles. The zero-order chi connectivity index (χ0) is 23.3. The van der Waals surface area contributed by atoms with Crippen molar-refractivity contribution < 1.29 is 4.74 Å². The molecule has 5 N–H and O–H groups in total. The van der Waals surface area contributed by atoms with Crippen LogP contribution in [0.5, 0.6) is 5.75 Å². The van der Waals surface area contributed by atoms with Gasteiger partial charge in [0.1, 0.15) is 18.2 Å². The van der Waals surface area contributed by atoms with Crippen molar-refractivity contribution in [3.63, 3.8) is 0 Å². The van der Waals surface area contributed by atoms with Crippen LogP contribution in [0.15, 0.2) is 65.7 Å². The molecule has 0 amide bonds. The smallest absolute Gasteiger partial charge is 0.130 e. The number of anilines is 2. The molecule has 0 saturated carbocycles. The van der Waals surface area contributed by atoms with Crippen LogP contribution in [0.2, 0.25) is 0 Å². The minimum absolute atomic E-state index is 0.437. The Morgan fingerprint density at radius 1 is 1.22 bits per heavy atom. The summed E-state index contributed by atoms with van der Waals surface area (Å²) in [5, 5.41) is 14.2. The highest BCUT2D eigenvalue weighted by molar-refractivity contribution is 6.06. The number of allylic oxidation sites excluding steroid dienone is 2. The van der Waals surface area contributed by atoms with Gasteiger partial charge >= 0.3 is 0 Å². The summed E-state index contributed by atoms with van der Waals surface area (Å²) in [5.41, 5.74) is 9.81. The van der Waals surface area contributed by atoms with Crippen molar-refractivity contribution >= 4 is 29.1 Å². The van der Waals surface area contributed by atoms with Crippen LogP contribution in [-0.2, 0) is 0 Å². The van der Waals surface area contributed by atoms with E-state index in [0.29, 0.717) is 29.7 Å².